The molecule has 8 nitrogen and oxygen atoms in total. The molecule has 0 radical (unpaired) electrons. The molecule has 0 saturated heterocycles. The normalized spacial score (nSPS) is 11.9. The van der Waals surface area contributed by atoms with Crippen LogP contribution in [0.4, 0.5) is 5.69 Å². The average molecular weight is 446 g/mol. The van der Waals surface area contributed by atoms with Gasteiger partial charge in [-0.2, -0.15) is 0 Å². The maximum absolute atomic E-state index is 12.7. The van der Waals surface area contributed by atoms with Crippen LogP contribution in [0.5, 0.6) is 0 Å². The van der Waals surface area contributed by atoms with E-state index in [4.69, 9.17) is 0 Å². The van der Waals surface area contributed by atoms with Crippen LogP contribution in [0.15, 0.2) is 59.5 Å². The van der Waals surface area contributed by atoms with Gasteiger partial charge in [-0.1, -0.05) is 44.0 Å². The molecule has 0 aliphatic heterocycles. The summed E-state index contributed by atoms with van der Waals surface area (Å²) in [6.07, 6.45) is 2.02. The first kappa shape index (κ1) is 24.1. The maximum Gasteiger partial charge on any atom is 0.261 e. The SMILES string of the molecule is CCCCC(NC(=O)c1cccc(NS(=O)(=O)c2ccccc2)c1)C(=O)CNC(C)=O. The Hall–Kier alpha value is -3.20. The van der Waals surface area contributed by atoms with Crippen molar-refractivity contribution in [2.45, 2.75) is 44.0 Å². The minimum atomic E-state index is -3.80. The van der Waals surface area contributed by atoms with Gasteiger partial charge in [-0.15, -0.1) is 0 Å². The van der Waals surface area contributed by atoms with Crippen molar-refractivity contribution in [3.8, 4) is 0 Å². The van der Waals surface area contributed by atoms with E-state index in [2.05, 4.69) is 15.4 Å². The molecule has 0 saturated carbocycles. The molecule has 2 rings (SSSR count). The lowest BCUT2D eigenvalue weighted by Crippen LogP contribution is -2.45. The van der Waals surface area contributed by atoms with Crippen LogP contribution < -0.4 is 15.4 Å². The molecule has 31 heavy (non-hydrogen) atoms. The molecule has 1 atom stereocenters. The highest BCUT2D eigenvalue weighted by Crippen LogP contribution is 2.17. The zero-order chi connectivity index (χ0) is 22.9. The number of hydrogen-bond donors (Lipinski definition) is 3. The molecule has 0 spiro atoms. The Labute approximate surface area is 182 Å². The largest absolute Gasteiger partial charge is 0.349 e. The molecule has 0 aliphatic carbocycles. The second kappa shape index (κ2) is 11.3. The van der Waals surface area contributed by atoms with Crippen LogP contribution >= 0.6 is 0 Å². The summed E-state index contributed by atoms with van der Waals surface area (Å²) in [7, 11) is -3.80. The molecule has 2 amide bonds. The minimum Gasteiger partial charge on any atom is -0.349 e. The molecule has 0 aromatic heterocycles. The van der Waals surface area contributed by atoms with Gasteiger partial charge in [0.25, 0.3) is 15.9 Å². The summed E-state index contributed by atoms with van der Waals surface area (Å²) in [5, 5.41) is 5.15. The molecule has 2 aromatic carbocycles. The lowest BCUT2D eigenvalue weighted by Gasteiger charge is -2.18. The van der Waals surface area contributed by atoms with Crippen LogP contribution in [0.3, 0.4) is 0 Å². The van der Waals surface area contributed by atoms with E-state index in [1.807, 2.05) is 6.92 Å². The van der Waals surface area contributed by atoms with Crippen LogP contribution in [0.1, 0.15) is 43.5 Å². The first-order valence-electron chi connectivity index (χ1n) is 9.99. The fourth-order valence-corrected chi connectivity index (χ4v) is 3.91. The monoisotopic (exact) mass is 445 g/mol. The highest BCUT2D eigenvalue weighted by atomic mass is 32.2. The van der Waals surface area contributed by atoms with E-state index in [1.54, 1.807) is 24.3 Å². The molecular weight excluding hydrogens is 418 g/mol. The summed E-state index contributed by atoms with van der Waals surface area (Å²) < 4.78 is 27.5. The summed E-state index contributed by atoms with van der Waals surface area (Å²) in [5.74, 6) is -1.12. The Morgan fingerprint density at radius 1 is 1.00 bits per heavy atom. The molecular formula is C22H27N3O5S. The predicted octanol–water partition coefficient (Wildman–Crippen LogP) is 2.48. The molecule has 166 valence electrons. The number of hydrogen-bond acceptors (Lipinski definition) is 5. The van der Waals surface area contributed by atoms with Crippen molar-refractivity contribution >= 4 is 33.3 Å². The fourth-order valence-electron chi connectivity index (χ4n) is 2.84. The number of Topliss-reactive ketones (excluding diaryl/α,β-unsaturated/α-hetero) is 1. The molecule has 2 aromatic rings. The van der Waals surface area contributed by atoms with Crippen molar-refractivity contribution < 1.29 is 22.8 Å². The van der Waals surface area contributed by atoms with E-state index >= 15 is 0 Å². The van der Waals surface area contributed by atoms with E-state index < -0.39 is 22.0 Å². The van der Waals surface area contributed by atoms with Crippen molar-refractivity contribution in [1.82, 2.24) is 10.6 Å². The number of unbranched alkanes of at least 4 members (excludes halogenated alkanes) is 1. The number of ketones is 1. The number of anilines is 1. The van der Waals surface area contributed by atoms with Crippen LogP contribution in [0, 0.1) is 0 Å². The van der Waals surface area contributed by atoms with Crippen LogP contribution in [0.25, 0.3) is 0 Å². The molecule has 9 heteroatoms. The van der Waals surface area contributed by atoms with Crippen molar-refractivity contribution in [3.63, 3.8) is 0 Å². The van der Waals surface area contributed by atoms with E-state index in [-0.39, 0.29) is 34.4 Å². The highest BCUT2D eigenvalue weighted by Gasteiger charge is 2.21. The van der Waals surface area contributed by atoms with Gasteiger partial charge < -0.3 is 10.6 Å². The van der Waals surface area contributed by atoms with Gasteiger partial charge in [0.2, 0.25) is 5.91 Å². The molecule has 0 fully saturated rings. The fraction of sp³-hybridized carbons (Fsp3) is 0.318. The standard InChI is InChI=1S/C22H27N3O5S/c1-3-4-13-20(21(27)15-23-16(2)26)24-22(28)17-9-8-10-18(14-17)25-31(29,30)19-11-6-5-7-12-19/h5-12,14,20,25H,3-4,13,15H2,1-2H3,(H,23,26)(H,24,28). The number of sulfonamides is 1. The minimum absolute atomic E-state index is 0.105. The number of benzene rings is 2. The van der Waals surface area contributed by atoms with Crippen LogP contribution in [-0.4, -0.2) is 38.6 Å². The number of rotatable bonds is 11. The summed E-state index contributed by atoms with van der Waals surface area (Å²) in [6.45, 7) is 3.12. The number of carbonyl (C=O) groups is 3. The molecule has 1 unspecified atom stereocenters. The summed E-state index contributed by atoms with van der Waals surface area (Å²) >= 11 is 0. The lowest BCUT2D eigenvalue weighted by molar-refractivity contribution is -0.124. The Morgan fingerprint density at radius 3 is 2.35 bits per heavy atom. The average Bonchev–Trinajstić information content (AvgIpc) is 2.75. The van der Waals surface area contributed by atoms with Gasteiger partial charge in [-0.3, -0.25) is 19.1 Å². The van der Waals surface area contributed by atoms with E-state index in [9.17, 15) is 22.8 Å². The van der Waals surface area contributed by atoms with E-state index in [1.165, 1.54) is 37.3 Å². The third-order valence-electron chi connectivity index (χ3n) is 4.48. The van der Waals surface area contributed by atoms with Crippen molar-refractivity contribution in [1.29, 1.82) is 0 Å². The Bertz CT molecular complexity index is 1020. The first-order valence-corrected chi connectivity index (χ1v) is 11.5. The summed E-state index contributed by atoms with van der Waals surface area (Å²) in [6, 6.07) is 13.2. The number of carbonyl (C=O) groups excluding carboxylic acids is 3. The number of nitrogens with one attached hydrogen (secondary N) is 3. The van der Waals surface area contributed by atoms with Gasteiger partial charge in [0, 0.05) is 18.2 Å². The van der Waals surface area contributed by atoms with Gasteiger partial charge in [-0.25, -0.2) is 8.42 Å². The Kier molecular flexibility index (Phi) is 8.75. The predicted molar refractivity (Wildman–Crippen MR) is 118 cm³/mol. The zero-order valence-corrected chi connectivity index (χ0v) is 18.4. The molecule has 3 N–H and O–H groups in total. The Morgan fingerprint density at radius 2 is 1.71 bits per heavy atom. The summed E-state index contributed by atoms with van der Waals surface area (Å²) in [5.41, 5.74) is 0.438. The third kappa shape index (κ3) is 7.53. The number of amides is 2. The topological polar surface area (TPSA) is 121 Å². The van der Waals surface area contributed by atoms with Gasteiger partial charge in [0.05, 0.1) is 17.5 Å². The first-order chi connectivity index (χ1) is 14.7. The second-order valence-corrected chi connectivity index (χ2v) is 8.73. The highest BCUT2D eigenvalue weighted by molar-refractivity contribution is 7.92. The Balaban J connectivity index is 2.13. The quantitative estimate of drug-likeness (QED) is 0.491. The van der Waals surface area contributed by atoms with Gasteiger partial charge in [-0.05, 0) is 36.8 Å². The van der Waals surface area contributed by atoms with Gasteiger partial charge in [0.1, 0.15) is 0 Å². The van der Waals surface area contributed by atoms with Crippen molar-refractivity contribution in [2.75, 3.05) is 11.3 Å². The third-order valence-corrected chi connectivity index (χ3v) is 5.88. The zero-order valence-electron chi connectivity index (χ0n) is 17.6. The maximum atomic E-state index is 12.7. The lowest BCUT2D eigenvalue weighted by atomic mass is 10.0. The van der Waals surface area contributed by atoms with Gasteiger partial charge in [0.15, 0.2) is 5.78 Å². The van der Waals surface area contributed by atoms with Crippen LogP contribution in [0.2, 0.25) is 0 Å². The van der Waals surface area contributed by atoms with E-state index in [0.717, 1.165) is 12.8 Å². The van der Waals surface area contributed by atoms with Crippen molar-refractivity contribution in [2.24, 2.45) is 0 Å². The van der Waals surface area contributed by atoms with E-state index in [0.29, 0.717) is 6.42 Å². The molecule has 0 aliphatic rings. The van der Waals surface area contributed by atoms with Crippen LogP contribution in [-0.2, 0) is 19.6 Å². The van der Waals surface area contributed by atoms with Gasteiger partial charge >= 0.3 is 0 Å². The van der Waals surface area contributed by atoms with Crippen molar-refractivity contribution in [3.05, 3.63) is 60.2 Å². The molecule has 0 heterocycles. The molecule has 0 bridgehead atoms. The second-order valence-electron chi connectivity index (χ2n) is 7.04. The smallest absolute Gasteiger partial charge is 0.261 e. The summed E-state index contributed by atoms with van der Waals surface area (Å²) in [4.78, 5) is 36.3.